The highest BCUT2D eigenvalue weighted by molar-refractivity contribution is 9.10. The lowest BCUT2D eigenvalue weighted by Gasteiger charge is -2.24. The minimum absolute atomic E-state index is 0.130. The van der Waals surface area contributed by atoms with Gasteiger partial charge in [-0.05, 0) is 34.5 Å². The Morgan fingerprint density at radius 1 is 1.56 bits per heavy atom. The number of nitrogens with two attached hydrogens (primary N) is 1. The number of primary amides is 1. The first-order chi connectivity index (χ1) is 8.60. The molecular weight excluding hydrogens is 294 g/mol. The normalized spacial score (nSPS) is 9.83. The van der Waals surface area contributed by atoms with Gasteiger partial charge in [0.25, 0.3) is 0 Å². The lowest BCUT2D eigenvalue weighted by Crippen LogP contribution is -2.35. The van der Waals surface area contributed by atoms with Gasteiger partial charge in [-0.2, -0.15) is 5.26 Å². The molecule has 0 heterocycles. The van der Waals surface area contributed by atoms with E-state index >= 15 is 0 Å². The van der Waals surface area contributed by atoms with Crippen molar-refractivity contribution in [2.75, 3.05) is 18.0 Å². The molecule has 1 amide bonds. The number of carbonyl (C=O) groups excluding carboxylic acids is 1. The lowest BCUT2D eigenvalue weighted by atomic mass is 10.1. The van der Waals surface area contributed by atoms with Crippen molar-refractivity contribution in [1.29, 1.82) is 5.26 Å². The van der Waals surface area contributed by atoms with E-state index in [9.17, 15) is 10.1 Å². The van der Waals surface area contributed by atoms with Gasteiger partial charge >= 0.3 is 0 Å². The highest BCUT2D eigenvalue weighted by Crippen LogP contribution is 2.27. The topological polar surface area (TPSA) is 70.1 Å². The highest BCUT2D eigenvalue weighted by atomic mass is 79.9. The molecule has 18 heavy (non-hydrogen) atoms. The van der Waals surface area contributed by atoms with Crippen LogP contribution in [0.3, 0.4) is 0 Å². The molecule has 1 aromatic rings. The van der Waals surface area contributed by atoms with Gasteiger partial charge in [-0.25, -0.2) is 0 Å². The Bertz CT molecular complexity index is 468. The fourth-order valence-electron chi connectivity index (χ4n) is 1.71. The summed E-state index contributed by atoms with van der Waals surface area (Å²) in [5.41, 5.74) is 6.54. The zero-order valence-corrected chi connectivity index (χ0v) is 11.9. The van der Waals surface area contributed by atoms with Crippen LogP contribution in [0.2, 0.25) is 0 Å². The van der Waals surface area contributed by atoms with E-state index in [0.29, 0.717) is 12.1 Å². The number of unbranched alkanes of at least 4 members (excludes halogenated alkanes) is 1. The van der Waals surface area contributed by atoms with Gasteiger partial charge in [-0.15, -0.1) is 0 Å². The second-order valence-electron chi connectivity index (χ2n) is 3.99. The largest absolute Gasteiger partial charge is 0.368 e. The number of amides is 1. The number of nitrogens with zero attached hydrogens (tertiary/aromatic N) is 2. The number of hydrogen-bond acceptors (Lipinski definition) is 3. The number of benzene rings is 1. The molecule has 0 radical (unpaired) electrons. The Kier molecular flexibility index (Phi) is 5.66. The van der Waals surface area contributed by atoms with Crippen LogP contribution in [0.1, 0.15) is 25.3 Å². The molecule has 0 aromatic heterocycles. The van der Waals surface area contributed by atoms with Crippen molar-refractivity contribution < 1.29 is 4.79 Å². The molecule has 1 rings (SSSR count). The minimum Gasteiger partial charge on any atom is -0.368 e. The molecule has 0 fully saturated rings. The molecule has 0 aliphatic rings. The fourth-order valence-corrected chi connectivity index (χ4v) is 2.15. The van der Waals surface area contributed by atoms with Gasteiger partial charge in [0, 0.05) is 11.0 Å². The number of nitriles is 1. The van der Waals surface area contributed by atoms with Gasteiger partial charge in [0.2, 0.25) is 5.91 Å². The Balaban J connectivity index is 3.08. The zero-order chi connectivity index (χ0) is 13.5. The van der Waals surface area contributed by atoms with Gasteiger partial charge in [-0.1, -0.05) is 19.4 Å². The summed E-state index contributed by atoms with van der Waals surface area (Å²) in [5, 5.41) is 9.18. The summed E-state index contributed by atoms with van der Waals surface area (Å²) in [4.78, 5) is 13.0. The van der Waals surface area contributed by atoms with Crippen LogP contribution in [-0.4, -0.2) is 19.0 Å². The van der Waals surface area contributed by atoms with E-state index in [0.717, 1.165) is 23.0 Å². The third-order valence-electron chi connectivity index (χ3n) is 2.57. The molecule has 0 aliphatic heterocycles. The maximum Gasteiger partial charge on any atom is 0.236 e. The summed E-state index contributed by atoms with van der Waals surface area (Å²) >= 11 is 3.34. The minimum atomic E-state index is -0.394. The first-order valence-corrected chi connectivity index (χ1v) is 6.61. The average molecular weight is 310 g/mol. The van der Waals surface area contributed by atoms with Crippen LogP contribution in [0.25, 0.3) is 0 Å². The van der Waals surface area contributed by atoms with E-state index < -0.39 is 5.91 Å². The van der Waals surface area contributed by atoms with Crippen LogP contribution in [-0.2, 0) is 4.79 Å². The summed E-state index contributed by atoms with van der Waals surface area (Å²) in [6, 6.07) is 7.65. The number of rotatable bonds is 6. The molecule has 1 aromatic carbocycles. The first kappa shape index (κ1) is 14.5. The summed E-state index contributed by atoms with van der Waals surface area (Å²) in [5.74, 6) is -0.394. The number of hydrogen-bond donors (Lipinski definition) is 1. The van der Waals surface area contributed by atoms with Crippen LogP contribution < -0.4 is 10.6 Å². The Hall–Kier alpha value is -1.54. The van der Waals surface area contributed by atoms with Crippen molar-refractivity contribution in [3.05, 3.63) is 28.2 Å². The van der Waals surface area contributed by atoms with Crippen LogP contribution in [0.4, 0.5) is 5.69 Å². The predicted octanol–water partition coefficient (Wildman–Crippen LogP) is 2.41. The maximum atomic E-state index is 11.1. The first-order valence-electron chi connectivity index (χ1n) is 5.82. The van der Waals surface area contributed by atoms with Crippen molar-refractivity contribution in [3.8, 4) is 6.07 Å². The second kappa shape index (κ2) is 7.02. The van der Waals surface area contributed by atoms with Crippen LogP contribution in [0.15, 0.2) is 22.7 Å². The van der Waals surface area contributed by atoms with Crippen LogP contribution in [0, 0.1) is 11.3 Å². The predicted molar refractivity (Wildman–Crippen MR) is 75.2 cm³/mol. The molecule has 0 saturated heterocycles. The molecule has 0 aliphatic carbocycles. The van der Waals surface area contributed by atoms with Gasteiger partial charge < -0.3 is 10.6 Å². The molecule has 2 N–H and O–H groups in total. The summed E-state index contributed by atoms with van der Waals surface area (Å²) < 4.78 is 0.730. The van der Waals surface area contributed by atoms with Crippen molar-refractivity contribution in [1.82, 2.24) is 0 Å². The van der Waals surface area contributed by atoms with E-state index in [1.54, 1.807) is 0 Å². The third-order valence-corrected chi connectivity index (χ3v) is 3.23. The quantitative estimate of drug-likeness (QED) is 0.877. The molecule has 4 nitrogen and oxygen atoms in total. The standard InChI is InChI=1S/C13H16BrN3O/c1-2-3-7-17(9-13(16)18)12-6-4-5-11(14)10(12)8-15/h4-6H,2-3,7,9H2,1H3,(H2,16,18). The van der Waals surface area contributed by atoms with Crippen LogP contribution in [0.5, 0.6) is 0 Å². The summed E-state index contributed by atoms with van der Waals surface area (Å²) in [6.07, 6.45) is 1.97. The molecule has 0 bridgehead atoms. The van der Waals surface area contributed by atoms with Gasteiger partial charge in [0.1, 0.15) is 6.07 Å². The maximum absolute atomic E-state index is 11.1. The number of halogens is 1. The second-order valence-corrected chi connectivity index (χ2v) is 4.84. The van der Waals surface area contributed by atoms with E-state index in [1.807, 2.05) is 23.1 Å². The van der Waals surface area contributed by atoms with Gasteiger partial charge in [-0.3, -0.25) is 4.79 Å². The third kappa shape index (κ3) is 3.74. The van der Waals surface area contributed by atoms with Gasteiger partial charge in [0.05, 0.1) is 17.8 Å². The summed E-state index contributed by atoms with van der Waals surface area (Å²) in [6.45, 7) is 2.92. The molecule has 0 atom stereocenters. The molecule has 0 saturated carbocycles. The molecule has 0 unspecified atom stereocenters. The molecule has 5 heteroatoms. The highest BCUT2D eigenvalue weighted by Gasteiger charge is 2.14. The number of anilines is 1. The van der Waals surface area contributed by atoms with Crippen molar-refractivity contribution in [2.24, 2.45) is 5.73 Å². The smallest absolute Gasteiger partial charge is 0.236 e. The Morgan fingerprint density at radius 2 is 2.28 bits per heavy atom. The van der Waals surface area contributed by atoms with E-state index in [4.69, 9.17) is 5.73 Å². The van der Waals surface area contributed by atoms with Gasteiger partial charge in [0.15, 0.2) is 0 Å². The zero-order valence-electron chi connectivity index (χ0n) is 10.3. The van der Waals surface area contributed by atoms with Crippen LogP contribution >= 0.6 is 15.9 Å². The average Bonchev–Trinajstić information content (AvgIpc) is 2.33. The van der Waals surface area contributed by atoms with Crippen molar-refractivity contribution in [3.63, 3.8) is 0 Å². The van der Waals surface area contributed by atoms with Crippen molar-refractivity contribution >= 4 is 27.5 Å². The van der Waals surface area contributed by atoms with Crippen molar-refractivity contribution in [2.45, 2.75) is 19.8 Å². The Morgan fingerprint density at radius 3 is 2.83 bits per heavy atom. The molecular formula is C13H16BrN3O. The molecule has 96 valence electrons. The monoisotopic (exact) mass is 309 g/mol. The molecule has 0 spiro atoms. The summed E-state index contributed by atoms with van der Waals surface area (Å²) in [7, 11) is 0. The fraction of sp³-hybridized carbons (Fsp3) is 0.385. The van der Waals surface area contributed by atoms with E-state index in [2.05, 4.69) is 28.9 Å². The number of carbonyl (C=O) groups is 1. The lowest BCUT2D eigenvalue weighted by molar-refractivity contribution is -0.116. The SMILES string of the molecule is CCCCN(CC(N)=O)c1cccc(Br)c1C#N. The Labute approximate surface area is 116 Å². The van der Waals surface area contributed by atoms with E-state index in [-0.39, 0.29) is 6.54 Å². The van der Waals surface area contributed by atoms with E-state index in [1.165, 1.54) is 0 Å².